The number of amides is 2. The van der Waals surface area contributed by atoms with Gasteiger partial charge in [-0.15, -0.1) is 0 Å². The number of likely N-dealkylation sites (tertiary alicyclic amines) is 1. The fraction of sp³-hybridized carbons (Fsp3) is 0.533. The first-order valence-corrected chi connectivity index (χ1v) is 6.96. The molecule has 0 radical (unpaired) electrons. The van der Waals surface area contributed by atoms with Crippen LogP contribution in [0.15, 0.2) is 24.3 Å². The largest absolute Gasteiger partial charge is 0.328 e. The third-order valence-corrected chi connectivity index (χ3v) is 3.92. The molecule has 0 saturated carbocycles. The first-order chi connectivity index (χ1) is 9.11. The van der Waals surface area contributed by atoms with Crippen LogP contribution in [0.25, 0.3) is 0 Å². The Morgan fingerprint density at radius 1 is 1.42 bits per heavy atom. The highest BCUT2D eigenvalue weighted by Crippen LogP contribution is 2.23. The number of nitrogens with two attached hydrogens (primary N) is 1. The highest BCUT2D eigenvalue weighted by atomic mass is 16.2. The standard InChI is InChI=1S/C15H23N3O/c1-11-5-7-13(8-6-11)17-15(19)18-9-3-4-12(2)14(18)10-16/h5-8,12,14H,3-4,9-10,16H2,1-2H3,(H,17,19). The quantitative estimate of drug-likeness (QED) is 0.859. The molecule has 1 aliphatic heterocycles. The number of aryl methyl sites for hydroxylation is 1. The van der Waals surface area contributed by atoms with Crippen molar-refractivity contribution >= 4 is 11.7 Å². The van der Waals surface area contributed by atoms with Crippen LogP contribution in [0.2, 0.25) is 0 Å². The molecule has 1 aromatic rings. The number of rotatable bonds is 2. The number of urea groups is 1. The maximum atomic E-state index is 12.3. The summed E-state index contributed by atoms with van der Waals surface area (Å²) in [5.74, 6) is 0.475. The van der Waals surface area contributed by atoms with Gasteiger partial charge >= 0.3 is 6.03 Å². The summed E-state index contributed by atoms with van der Waals surface area (Å²) in [6.45, 7) is 5.53. The molecule has 1 aliphatic rings. The van der Waals surface area contributed by atoms with E-state index in [0.29, 0.717) is 12.5 Å². The van der Waals surface area contributed by atoms with E-state index in [1.807, 2.05) is 36.1 Å². The van der Waals surface area contributed by atoms with Crippen molar-refractivity contribution in [3.8, 4) is 0 Å². The van der Waals surface area contributed by atoms with Gasteiger partial charge in [0.25, 0.3) is 0 Å². The van der Waals surface area contributed by atoms with Crippen LogP contribution in [-0.4, -0.2) is 30.1 Å². The minimum absolute atomic E-state index is 0.0362. The molecule has 1 fully saturated rings. The first kappa shape index (κ1) is 13.9. The third-order valence-electron chi connectivity index (χ3n) is 3.92. The lowest BCUT2D eigenvalue weighted by Crippen LogP contribution is -2.52. The predicted octanol–water partition coefficient (Wildman–Crippen LogP) is 2.59. The predicted molar refractivity (Wildman–Crippen MR) is 78.1 cm³/mol. The molecule has 19 heavy (non-hydrogen) atoms. The van der Waals surface area contributed by atoms with Crippen molar-refractivity contribution < 1.29 is 4.79 Å². The zero-order valence-corrected chi connectivity index (χ0v) is 11.7. The minimum Gasteiger partial charge on any atom is -0.328 e. The SMILES string of the molecule is Cc1ccc(NC(=O)N2CCCC(C)C2CN)cc1. The van der Waals surface area contributed by atoms with Crippen molar-refractivity contribution in [1.82, 2.24) is 4.90 Å². The number of carbonyl (C=O) groups is 1. The number of nitrogens with zero attached hydrogens (tertiary/aromatic N) is 1. The zero-order valence-electron chi connectivity index (χ0n) is 11.7. The second kappa shape index (κ2) is 6.06. The van der Waals surface area contributed by atoms with Crippen LogP contribution < -0.4 is 11.1 Å². The monoisotopic (exact) mass is 261 g/mol. The van der Waals surface area contributed by atoms with Gasteiger partial charge in [0.2, 0.25) is 0 Å². The van der Waals surface area contributed by atoms with Crippen LogP contribution in [0, 0.1) is 12.8 Å². The molecule has 2 rings (SSSR count). The maximum Gasteiger partial charge on any atom is 0.322 e. The average molecular weight is 261 g/mol. The van der Waals surface area contributed by atoms with E-state index in [2.05, 4.69) is 12.2 Å². The van der Waals surface area contributed by atoms with Gasteiger partial charge < -0.3 is 16.0 Å². The van der Waals surface area contributed by atoms with Gasteiger partial charge in [0.05, 0.1) is 0 Å². The van der Waals surface area contributed by atoms with E-state index in [-0.39, 0.29) is 12.1 Å². The Bertz CT molecular complexity index is 430. The highest BCUT2D eigenvalue weighted by Gasteiger charge is 2.30. The van der Waals surface area contributed by atoms with Gasteiger partial charge in [0.1, 0.15) is 0 Å². The van der Waals surface area contributed by atoms with Crippen LogP contribution in [0.5, 0.6) is 0 Å². The van der Waals surface area contributed by atoms with Crippen LogP contribution >= 0.6 is 0 Å². The second-order valence-electron chi connectivity index (χ2n) is 5.41. The van der Waals surface area contributed by atoms with Crippen molar-refractivity contribution in [2.45, 2.75) is 32.7 Å². The minimum atomic E-state index is -0.0362. The number of piperidine rings is 1. The smallest absolute Gasteiger partial charge is 0.322 e. The number of hydrogen-bond donors (Lipinski definition) is 2. The van der Waals surface area contributed by atoms with E-state index in [1.165, 1.54) is 5.56 Å². The molecular formula is C15H23N3O. The summed E-state index contributed by atoms with van der Waals surface area (Å²) >= 11 is 0. The molecule has 0 spiro atoms. The normalized spacial score (nSPS) is 23.2. The number of carbonyl (C=O) groups excluding carboxylic acids is 1. The summed E-state index contributed by atoms with van der Waals surface area (Å²) in [4.78, 5) is 14.2. The lowest BCUT2D eigenvalue weighted by atomic mass is 9.91. The number of benzene rings is 1. The molecule has 104 valence electrons. The first-order valence-electron chi connectivity index (χ1n) is 6.96. The second-order valence-corrected chi connectivity index (χ2v) is 5.41. The molecule has 4 heteroatoms. The van der Waals surface area contributed by atoms with Crippen molar-refractivity contribution in [3.05, 3.63) is 29.8 Å². The van der Waals surface area contributed by atoms with Gasteiger partial charge in [-0.1, -0.05) is 24.6 Å². The Kier molecular flexibility index (Phi) is 4.43. The molecule has 4 nitrogen and oxygen atoms in total. The average Bonchev–Trinajstić information content (AvgIpc) is 2.41. The molecular weight excluding hydrogens is 238 g/mol. The van der Waals surface area contributed by atoms with Gasteiger partial charge in [-0.05, 0) is 37.8 Å². The van der Waals surface area contributed by atoms with Crippen molar-refractivity contribution in [2.24, 2.45) is 11.7 Å². The molecule has 1 heterocycles. The lowest BCUT2D eigenvalue weighted by molar-refractivity contribution is 0.133. The molecule has 3 N–H and O–H groups in total. The summed E-state index contributed by atoms with van der Waals surface area (Å²) in [6, 6.07) is 7.96. The lowest BCUT2D eigenvalue weighted by Gasteiger charge is -2.39. The Hall–Kier alpha value is -1.55. The van der Waals surface area contributed by atoms with E-state index in [9.17, 15) is 4.79 Å². The molecule has 2 amide bonds. The van der Waals surface area contributed by atoms with Crippen molar-refractivity contribution in [1.29, 1.82) is 0 Å². The van der Waals surface area contributed by atoms with Gasteiger partial charge in [-0.25, -0.2) is 4.79 Å². The number of hydrogen-bond acceptors (Lipinski definition) is 2. The van der Waals surface area contributed by atoms with Gasteiger partial charge in [-0.3, -0.25) is 0 Å². The Balaban J connectivity index is 2.04. The molecule has 2 unspecified atom stereocenters. The van der Waals surface area contributed by atoms with Crippen LogP contribution in [0.4, 0.5) is 10.5 Å². The summed E-state index contributed by atoms with van der Waals surface area (Å²) < 4.78 is 0. The molecule has 0 aromatic heterocycles. The Morgan fingerprint density at radius 3 is 2.74 bits per heavy atom. The third kappa shape index (κ3) is 3.26. The van der Waals surface area contributed by atoms with Gasteiger partial charge in [0, 0.05) is 24.8 Å². The van der Waals surface area contributed by atoms with E-state index in [1.54, 1.807) is 0 Å². The van der Waals surface area contributed by atoms with Crippen molar-refractivity contribution in [3.63, 3.8) is 0 Å². The number of nitrogens with one attached hydrogen (secondary N) is 1. The molecule has 1 saturated heterocycles. The van der Waals surface area contributed by atoms with Crippen LogP contribution in [0.3, 0.4) is 0 Å². The van der Waals surface area contributed by atoms with E-state index < -0.39 is 0 Å². The summed E-state index contributed by atoms with van der Waals surface area (Å²) in [6.07, 6.45) is 2.20. The summed E-state index contributed by atoms with van der Waals surface area (Å²) in [5.41, 5.74) is 7.84. The fourth-order valence-electron chi connectivity index (χ4n) is 2.69. The fourth-order valence-corrected chi connectivity index (χ4v) is 2.69. The number of anilines is 1. The molecule has 1 aromatic carbocycles. The molecule has 0 bridgehead atoms. The molecule has 2 atom stereocenters. The van der Waals surface area contributed by atoms with Gasteiger partial charge in [-0.2, -0.15) is 0 Å². The highest BCUT2D eigenvalue weighted by molar-refractivity contribution is 5.89. The van der Waals surface area contributed by atoms with Gasteiger partial charge in [0.15, 0.2) is 0 Å². The van der Waals surface area contributed by atoms with E-state index in [0.717, 1.165) is 25.1 Å². The Morgan fingerprint density at radius 2 is 2.11 bits per heavy atom. The zero-order chi connectivity index (χ0) is 13.8. The summed E-state index contributed by atoms with van der Waals surface area (Å²) in [5, 5.41) is 2.96. The topological polar surface area (TPSA) is 58.4 Å². The molecule has 0 aliphatic carbocycles. The van der Waals surface area contributed by atoms with Crippen LogP contribution in [-0.2, 0) is 0 Å². The van der Waals surface area contributed by atoms with Crippen molar-refractivity contribution in [2.75, 3.05) is 18.4 Å². The van der Waals surface area contributed by atoms with E-state index >= 15 is 0 Å². The van der Waals surface area contributed by atoms with Crippen LogP contribution in [0.1, 0.15) is 25.3 Å². The maximum absolute atomic E-state index is 12.3. The Labute approximate surface area is 115 Å². The summed E-state index contributed by atoms with van der Waals surface area (Å²) in [7, 11) is 0. The van der Waals surface area contributed by atoms with E-state index in [4.69, 9.17) is 5.73 Å².